The molecule has 3 aromatic carbocycles. The highest BCUT2D eigenvalue weighted by Crippen LogP contribution is 2.21. The third-order valence-corrected chi connectivity index (χ3v) is 7.53. The predicted molar refractivity (Wildman–Crippen MR) is 129 cm³/mol. The first-order chi connectivity index (χ1) is 14.8. The molecule has 1 unspecified atom stereocenters. The van der Waals surface area contributed by atoms with Gasteiger partial charge in [0.25, 0.3) is 0 Å². The third-order valence-electron chi connectivity index (χ3n) is 4.70. The molecule has 0 aromatic heterocycles. The van der Waals surface area contributed by atoms with Crippen molar-refractivity contribution in [3.8, 4) is 0 Å². The van der Waals surface area contributed by atoms with Gasteiger partial charge in [-0.15, -0.1) is 0 Å². The first-order valence-electron chi connectivity index (χ1n) is 9.60. The molecule has 5 nitrogen and oxygen atoms in total. The SMILES string of the molecule is CC(NC(=O)CN(Cc1ccc(Br)cc1)S(=O)(=O)c1ccccc1)c1cccc(Br)c1. The first kappa shape index (κ1) is 23.7. The van der Waals surface area contributed by atoms with Crippen LogP contribution in [0.1, 0.15) is 24.1 Å². The van der Waals surface area contributed by atoms with Gasteiger partial charge in [-0.25, -0.2) is 8.42 Å². The summed E-state index contributed by atoms with van der Waals surface area (Å²) in [5, 5.41) is 2.90. The van der Waals surface area contributed by atoms with E-state index >= 15 is 0 Å². The van der Waals surface area contributed by atoms with Crippen molar-refractivity contribution in [3.05, 3.63) is 98.9 Å². The number of hydrogen-bond donors (Lipinski definition) is 1. The van der Waals surface area contributed by atoms with E-state index in [0.29, 0.717) is 0 Å². The largest absolute Gasteiger partial charge is 0.348 e. The van der Waals surface area contributed by atoms with Crippen LogP contribution < -0.4 is 5.32 Å². The molecule has 3 rings (SSSR count). The molecule has 8 heteroatoms. The number of sulfonamides is 1. The Morgan fingerprint density at radius 1 is 0.935 bits per heavy atom. The fourth-order valence-corrected chi connectivity index (χ4v) is 5.15. The lowest BCUT2D eigenvalue weighted by molar-refractivity contribution is -0.122. The van der Waals surface area contributed by atoms with Crippen molar-refractivity contribution < 1.29 is 13.2 Å². The molecule has 0 aliphatic rings. The van der Waals surface area contributed by atoms with E-state index in [4.69, 9.17) is 0 Å². The second kappa shape index (κ2) is 10.5. The lowest BCUT2D eigenvalue weighted by Crippen LogP contribution is -2.41. The summed E-state index contributed by atoms with van der Waals surface area (Å²) in [6, 6.07) is 22.9. The molecule has 162 valence electrons. The number of rotatable bonds is 8. The number of benzene rings is 3. The van der Waals surface area contributed by atoms with Crippen LogP contribution in [-0.4, -0.2) is 25.2 Å². The minimum atomic E-state index is -3.86. The van der Waals surface area contributed by atoms with Gasteiger partial charge in [0, 0.05) is 15.5 Å². The van der Waals surface area contributed by atoms with Crippen LogP contribution in [0.3, 0.4) is 0 Å². The smallest absolute Gasteiger partial charge is 0.243 e. The van der Waals surface area contributed by atoms with Crippen LogP contribution >= 0.6 is 31.9 Å². The summed E-state index contributed by atoms with van der Waals surface area (Å²) in [5.74, 6) is -0.371. The lowest BCUT2D eigenvalue weighted by Gasteiger charge is -2.23. The number of hydrogen-bond acceptors (Lipinski definition) is 3. The van der Waals surface area contributed by atoms with E-state index in [-0.39, 0.29) is 29.9 Å². The average molecular weight is 566 g/mol. The van der Waals surface area contributed by atoms with Crippen molar-refractivity contribution in [2.24, 2.45) is 0 Å². The van der Waals surface area contributed by atoms with Crippen LogP contribution in [0, 0.1) is 0 Å². The van der Waals surface area contributed by atoms with Gasteiger partial charge in [-0.2, -0.15) is 4.31 Å². The molecule has 1 amide bonds. The molecule has 0 radical (unpaired) electrons. The average Bonchev–Trinajstić information content (AvgIpc) is 2.75. The number of nitrogens with zero attached hydrogens (tertiary/aromatic N) is 1. The molecular weight excluding hydrogens is 544 g/mol. The van der Waals surface area contributed by atoms with Gasteiger partial charge in [-0.05, 0) is 54.4 Å². The summed E-state index contributed by atoms with van der Waals surface area (Å²) >= 11 is 6.81. The first-order valence-corrected chi connectivity index (χ1v) is 12.6. The molecule has 3 aromatic rings. The number of carbonyl (C=O) groups excluding carboxylic acids is 1. The predicted octanol–water partition coefficient (Wildman–Crippen LogP) is 5.28. The van der Waals surface area contributed by atoms with E-state index in [1.165, 1.54) is 16.4 Å². The molecule has 1 atom stereocenters. The maximum absolute atomic E-state index is 13.3. The minimum Gasteiger partial charge on any atom is -0.348 e. The standard InChI is InChI=1S/C23H22Br2N2O3S/c1-17(19-6-5-7-21(25)14-19)26-23(28)16-27(15-18-10-12-20(24)13-11-18)31(29,30)22-8-3-2-4-9-22/h2-14,17H,15-16H2,1H3,(H,26,28). The van der Waals surface area contributed by atoms with Crippen molar-refractivity contribution in [1.82, 2.24) is 9.62 Å². The van der Waals surface area contributed by atoms with Gasteiger partial charge < -0.3 is 5.32 Å². The number of amides is 1. The summed E-state index contributed by atoms with van der Waals surface area (Å²) in [7, 11) is -3.86. The van der Waals surface area contributed by atoms with Gasteiger partial charge in [0.1, 0.15) is 0 Å². The molecule has 0 bridgehead atoms. The van der Waals surface area contributed by atoms with Crippen LogP contribution in [0.4, 0.5) is 0 Å². The Morgan fingerprint density at radius 2 is 1.61 bits per heavy atom. The maximum atomic E-state index is 13.3. The Kier molecular flexibility index (Phi) is 8.05. The van der Waals surface area contributed by atoms with Crippen molar-refractivity contribution in [2.75, 3.05) is 6.54 Å². The summed E-state index contributed by atoms with van der Waals surface area (Å²) in [6.45, 7) is 1.67. The van der Waals surface area contributed by atoms with E-state index in [2.05, 4.69) is 37.2 Å². The zero-order chi connectivity index (χ0) is 22.4. The number of nitrogens with one attached hydrogen (secondary N) is 1. The fraction of sp³-hybridized carbons (Fsp3) is 0.174. The summed E-state index contributed by atoms with van der Waals surface area (Å²) in [5.41, 5.74) is 1.71. The quantitative estimate of drug-likeness (QED) is 0.404. The third kappa shape index (κ3) is 6.49. The Morgan fingerprint density at radius 3 is 2.26 bits per heavy atom. The van der Waals surface area contributed by atoms with Crippen LogP contribution in [0.5, 0.6) is 0 Å². The van der Waals surface area contributed by atoms with Crippen LogP contribution in [0.2, 0.25) is 0 Å². The zero-order valence-corrected chi connectivity index (χ0v) is 20.8. The van der Waals surface area contributed by atoms with Gasteiger partial charge in [0.2, 0.25) is 15.9 Å². The van der Waals surface area contributed by atoms with Gasteiger partial charge in [-0.1, -0.05) is 74.3 Å². The van der Waals surface area contributed by atoms with Crippen LogP contribution in [0.25, 0.3) is 0 Å². The molecule has 0 spiro atoms. The minimum absolute atomic E-state index is 0.0865. The lowest BCUT2D eigenvalue weighted by atomic mass is 10.1. The molecule has 0 saturated heterocycles. The van der Waals surface area contributed by atoms with Crippen LogP contribution in [-0.2, 0) is 21.4 Å². The van der Waals surface area contributed by atoms with Gasteiger partial charge in [0.15, 0.2) is 0 Å². The van der Waals surface area contributed by atoms with Crippen LogP contribution in [0.15, 0.2) is 92.7 Å². The van der Waals surface area contributed by atoms with E-state index in [9.17, 15) is 13.2 Å². The Labute approximate surface area is 199 Å². The number of halogens is 2. The van der Waals surface area contributed by atoms with E-state index in [0.717, 1.165) is 20.1 Å². The molecule has 1 N–H and O–H groups in total. The molecule has 0 fully saturated rings. The normalized spacial score (nSPS) is 12.5. The zero-order valence-electron chi connectivity index (χ0n) is 16.8. The summed E-state index contributed by atoms with van der Waals surface area (Å²) in [6.07, 6.45) is 0. The highest BCUT2D eigenvalue weighted by atomic mass is 79.9. The molecule has 0 aliphatic heterocycles. The Bertz CT molecular complexity index is 1140. The van der Waals surface area contributed by atoms with Crippen molar-refractivity contribution in [2.45, 2.75) is 24.4 Å². The highest BCUT2D eigenvalue weighted by molar-refractivity contribution is 9.10. The van der Waals surface area contributed by atoms with Crippen molar-refractivity contribution in [1.29, 1.82) is 0 Å². The second-order valence-electron chi connectivity index (χ2n) is 7.06. The molecular formula is C23H22Br2N2O3S. The van der Waals surface area contributed by atoms with Crippen molar-refractivity contribution in [3.63, 3.8) is 0 Å². The molecule has 0 aliphatic carbocycles. The Hall–Kier alpha value is -2.00. The summed E-state index contributed by atoms with van der Waals surface area (Å²) < 4.78 is 29.6. The molecule has 0 saturated carbocycles. The van der Waals surface area contributed by atoms with E-state index in [1.54, 1.807) is 18.2 Å². The van der Waals surface area contributed by atoms with E-state index < -0.39 is 10.0 Å². The molecule has 0 heterocycles. The monoisotopic (exact) mass is 564 g/mol. The van der Waals surface area contributed by atoms with E-state index in [1.807, 2.05) is 55.5 Å². The van der Waals surface area contributed by atoms with Crippen molar-refractivity contribution >= 4 is 47.8 Å². The highest BCUT2D eigenvalue weighted by Gasteiger charge is 2.27. The topological polar surface area (TPSA) is 66.5 Å². The van der Waals surface area contributed by atoms with Gasteiger partial charge in [-0.3, -0.25) is 4.79 Å². The maximum Gasteiger partial charge on any atom is 0.243 e. The van der Waals surface area contributed by atoms with Gasteiger partial charge in [0.05, 0.1) is 17.5 Å². The number of carbonyl (C=O) groups is 1. The summed E-state index contributed by atoms with van der Waals surface area (Å²) in [4.78, 5) is 13.0. The Balaban J connectivity index is 1.82. The fourth-order valence-electron chi connectivity index (χ4n) is 3.07. The van der Waals surface area contributed by atoms with Gasteiger partial charge >= 0.3 is 0 Å². The molecule has 31 heavy (non-hydrogen) atoms. The second-order valence-corrected chi connectivity index (χ2v) is 10.8.